The summed E-state index contributed by atoms with van der Waals surface area (Å²) in [5.41, 5.74) is 2.07. The van der Waals surface area contributed by atoms with E-state index >= 15 is 0 Å². The monoisotopic (exact) mass is 389 g/mol. The molecule has 0 N–H and O–H groups in total. The van der Waals surface area contributed by atoms with Crippen molar-refractivity contribution in [1.82, 2.24) is 4.90 Å². The molecule has 1 heterocycles. The second-order valence-electron chi connectivity index (χ2n) is 5.96. The maximum atomic E-state index is 12.6. The van der Waals surface area contributed by atoms with E-state index in [1.54, 1.807) is 4.90 Å². The van der Waals surface area contributed by atoms with Gasteiger partial charge in [0.25, 0.3) is 5.91 Å². The molecule has 2 rings (SSSR count). The molecular formula is C20H23NO3S2. The maximum absolute atomic E-state index is 12.6. The quantitative estimate of drug-likeness (QED) is 0.370. The van der Waals surface area contributed by atoms with Gasteiger partial charge in [0.05, 0.1) is 11.5 Å². The normalized spacial score (nSPS) is 16.5. The van der Waals surface area contributed by atoms with Crippen molar-refractivity contribution >= 4 is 46.3 Å². The van der Waals surface area contributed by atoms with Crippen LogP contribution < -0.4 is 0 Å². The molecule has 0 saturated carbocycles. The van der Waals surface area contributed by atoms with Gasteiger partial charge in [0.15, 0.2) is 0 Å². The fourth-order valence-corrected chi connectivity index (χ4v) is 3.78. The van der Waals surface area contributed by atoms with Crippen molar-refractivity contribution in [2.24, 2.45) is 0 Å². The molecule has 1 aliphatic rings. The van der Waals surface area contributed by atoms with Gasteiger partial charge in [-0.15, -0.1) is 0 Å². The lowest BCUT2D eigenvalue weighted by molar-refractivity contribution is -0.144. The van der Waals surface area contributed by atoms with Crippen molar-refractivity contribution in [1.29, 1.82) is 0 Å². The van der Waals surface area contributed by atoms with Crippen LogP contribution in [-0.4, -0.2) is 34.2 Å². The molecule has 1 aliphatic heterocycles. The molecule has 1 saturated heterocycles. The fourth-order valence-electron chi connectivity index (χ4n) is 2.42. The van der Waals surface area contributed by atoms with Gasteiger partial charge in [-0.3, -0.25) is 14.5 Å². The molecule has 6 heteroatoms. The van der Waals surface area contributed by atoms with Gasteiger partial charge in [-0.25, -0.2) is 0 Å². The number of amides is 1. The predicted octanol–water partition coefficient (Wildman–Crippen LogP) is 4.57. The first-order chi connectivity index (χ1) is 12.5. The highest BCUT2D eigenvalue weighted by Gasteiger charge is 2.31. The Kier molecular flexibility index (Phi) is 8.06. The van der Waals surface area contributed by atoms with Crippen LogP contribution in [0.5, 0.6) is 0 Å². The third kappa shape index (κ3) is 6.11. The zero-order valence-electron chi connectivity index (χ0n) is 15.1. The van der Waals surface area contributed by atoms with Crippen LogP contribution in [0.1, 0.15) is 38.7 Å². The number of rotatable bonds is 8. The molecule has 0 atom stereocenters. The van der Waals surface area contributed by atoms with E-state index in [1.807, 2.05) is 56.3 Å². The molecule has 1 amide bonds. The average Bonchev–Trinajstić information content (AvgIpc) is 2.88. The lowest BCUT2D eigenvalue weighted by Gasteiger charge is -2.13. The second kappa shape index (κ2) is 10.3. The molecule has 0 radical (unpaired) electrons. The summed E-state index contributed by atoms with van der Waals surface area (Å²) < 4.78 is 5.58. The molecule has 0 unspecified atom stereocenters. The molecular weight excluding hydrogens is 366 g/mol. The standard InChI is InChI=1S/C20H23NO3S2/c1-3-12-24-18(22)10-7-11-21-19(23)17(26-20(21)25)14-15(2)13-16-8-5-4-6-9-16/h4-6,8-9,13-14H,3,7,10-12H2,1-2H3. The van der Waals surface area contributed by atoms with E-state index < -0.39 is 0 Å². The Morgan fingerprint density at radius 3 is 2.73 bits per heavy atom. The van der Waals surface area contributed by atoms with E-state index in [4.69, 9.17) is 17.0 Å². The Bertz CT molecular complexity index is 726. The van der Waals surface area contributed by atoms with Crippen LogP contribution >= 0.6 is 24.0 Å². The maximum Gasteiger partial charge on any atom is 0.305 e. The molecule has 0 spiro atoms. The number of nitrogens with zero attached hydrogens (tertiary/aromatic N) is 1. The minimum atomic E-state index is -0.227. The lowest BCUT2D eigenvalue weighted by Crippen LogP contribution is -2.29. The Hall–Kier alpha value is -1.92. The largest absolute Gasteiger partial charge is 0.466 e. The molecule has 1 aromatic rings. The summed E-state index contributed by atoms with van der Waals surface area (Å²) in [6.07, 6.45) is 5.53. The van der Waals surface area contributed by atoms with Gasteiger partial charge in [0.2, 0.25) is 0 Å². The van der Waals surface area contributed by atoms with Crippen LogP contribution in [0.25, 0.3) is 6.08 Å². The highest BCUT2D eigenvalue weighted by atomic mass is 32.2. The highest BCUT2D eigenvalue weighted by Crippen LogP contribution is 2.32. The predicted molar refractivity (Wildman–Crippen MR) is 111 cm³/mol. The van der Waals surface area contributed by atoms with E-state index in [0.29, 0.717) is 35.2 Å². The van der Waals surface area contributed by atoms with Crippen molar-refractivity contribution < 1.29 is 14.3 Å². The van der Waals surface area contributed by atoms with Crippen molar-refractivity contribution in [3.05, 3.63) is 52.4 Å². The summed E-state index contributed by atoms with van der Waals surface area (Å²) in [6, 6.07) is 9.95. The number of thioether (sulfide) groups is 1. The Labute approximate surface area is 164 Å². The van der Waals surface area contributed by atoms with Crippen molar-refractivity contribution in [2.75, 3.05) is 13.2 Å². The first-order valence-corrected chi connectivity index (χ1v) is 9.88. The van der Waals surface area contributed by atoms with Crippen LogP contribution in [0.15, 0.2) is 46.9 Å². The first-order valence-electron chi connectivity index (χ1n) is 8.65. The summed E-state index contributed by atoms with van der Waals surface area (Å²) >= 11 is 6.62. The fraction of sp³-hybridized carbons (Fsp3) is 0.350. The first kappa shape index (κ1) is 20.4. The number of carbonyl (C=O) groups is 2. The smallest absolute Gasteiger partial charge is 0.305 e. The summed E-state index contributed by atoms with van der Waals surface area (Å²) in [7, 11) is 0. The molecule has 138 valence electrons. The zero-order valence-corrected chi connectivity index (χ0v) is 16.7. The third-order valence-corrected chi connectivity index (χ3v) is 5.03. The number of ether oxygens (including phenoxy) is 1. The van der Waals surface area contributed by atoms with Crippen LogP contribution in [0, 0.1) is 0 Å². The van der Waals surface area contributed by atoms with Crippen LogP contribution in [-0.2, 0) is 14.3 Å². The number of carbonyl (C=O) groups excluding carboxylic acids is 2. The number of benzene rings is 1. The van der Waals surface area contributed by atoms with Gasteiger partial charge in [0, 0.05) is 13.0 Å². The minimum Gasteiger partial charge on any atom is -0.466 e. The highest BCUT2D eigenvalue weighted by molar-refractivity contribution is 8.26. The molecule has 1 aromatic carbocycles. The van der Waals surface area contributed by atoms with Gasteiger partial charge in [0.1, 0.15) is 4.32 Å². The van der Waals surface area contributed by atoms with E-state index in [1.165, 1.54) is 11.8 Å². The molecule has 0 aromatic heterocycles. The Morgan fingerprint density at radius 2 is 2.04 bits per heavy atom. The number of hydrogen-bond donors (Lipinski definition) is 0. The van der Waals surface area contributed by atoms with Gasteiger partial charge < -0.3 is 4.74 Å². The van der Waals surface area contributed by atoms with E-state index in [9.17, 15) is 9.59 Å². The van der Waals surface area contributed by atoms with Crippen LogP contribution in [0.4, 0.5) is 0 Å². The molecule has 0 aliphatic carbocycles. The summed E-state index contributed by atoms with van der Waals surface area (Å²) in [4.78, 5) is 26.3. The molecule has 0 bridgehead atoms. The Morgan fingerprint density at radius 1 is 1.31 bits per heavy atom. The van der Waals surface area contributed by atoms with E-state index in [0.717, 1.165) is 17.6 Å². The number of hydrogen-bond acceptors (Lipinski definition) is 5. The number of allylic oxidation sites excluding steroid dienone is 2. The third-order valence-electron chi connectivity index (χ3n) is 3.66. The van der Waals surface area contributed by atoms with Crippen molar-refractivity contribution in [3.63, 3.8) is 0 Å². The molecule has 4 nitrogen and oxygen atoms in total. The van der Waals surface area contributed by atoms with Crippen LogP contribution in [0.3, 0.4) is 0 Å². The topological polar surface area (TPSA) is 46.6 Å². The van der Waals surface area contributed by atoms with Crippen molar-refractivity contribution in [3.8, 4) is 0 Å². The second-order valence-corrected chi connectivity index (χ2v) is 7.63. The SMILES string of the molecule is CCCOC(=O)CCCN1C(=O)C(=CC(C)=Cc2ccccc2)SC1=S. The number of thiocarbonyl (C=S) groups is 1. The Balaban J connectivity index is 1.93. The summed E-state index contributed by atoms with van der Waals surface area (Å²) in [6.45, 7) is 4.79. The number of esters is 1. The van der Waals surface area contributed by atoms with Crippen LogP contribution in [0.2, 0.25) is 0 Å². The van der Waals surface area contributed by atoms with Gasteiger partial charge >= 0.3 is 5.97 Å². The van der Waals surface area contributed by atoms with Gasteiger partial charge in [-0.2, -0.15) is 0 Å². The van der Waals surface area contributed by atoms with Gasteiger partial charge in [-0.1, -0.05) is 67.3 Å². The van der Waals surface area contributed by atoms with E-state index in [2.05, 4.69) is 0 Å². The van der Waals surface area contributed by atoms with E-state index in [-0.39, 0.29) is 11.9 Å². The lowest BCUT2D eigenvalue weighted by atomic mass is 10.1. The van der Waals surface area contributed by atoms with Crippen molar-refractivity contribution in [2.45, 2.75) is 33.1 Å². The summed E-state index contributed by atoms with van der Waals surface area (Å²) in [5, 5.41) is 0. The molecule has 1 fully saturated rings. The minimum absolute atomic E-state index is 0.0947. The molecule has 26 heavy (non-hydrogen) atoms. The zero-order chi connectivity index (χ0) is 18.9. The summed E-state index contributed by atoms with van der Waals surface area (Å²) in [5.74, 6) is -0.322. The van der Waals surface area contributed by atoms with Gasteiger partial charge in [-0.05, 0) is 37.0 Å². The average molecular weight is 390 g/mol.